The fourth-order valence-electron chi connectivity index (χ4n) is 3.71. The van der Waals surface area contributed by atoms with Crippen LogP contribution in [0.15, 0.2) is 48.5 Å². The number of anilines is 1. The molecule has 0 atom stereocenters. The summed E-state index contributed by atoms with van der Waals surface area (Å²) in [6.07, 6.45) is 0.951. The Balaban J connectivity index is 1.31. The number of aromatic nitrogens is 2. The third kappa shape index (κ3) is 5.76. The highest BCUT2D eigenvalue weighted by atomic mass is 32.2. The number of nitrogens with zero attached hydrogens (tertiary/aromatic N) is 3. The zero-order chi connectivity index (χ0) is 23.4. The van der Waals surface area contributed by atoms with Crippen molar-refractivity contribution < 1.29 is 17.9 Å². The van der Waals surface area contributed by atoms with Crippen LogP contribution in [0.1, 0.15) is 24.0 Å². The summed E-state index contributed by atoms with van der Waals surface area (Å²) in [7, 11) is -1.81. The summed E-state index contributed by atoms with van der Waals surface area (Å²) in [6.45, 7) is 2.63. The number of amides is 1. The zero-order valence-corrected chi connectivity index (χ0v) is 20.2. The van der Waals surface area contributed by atoms with Crippen LogP contribution in [-0.2, 0) is 20.6 Å². The lowest BCUT2D eigenvalue weighted by Crippen LogP contribution is -2.41. The van der Waals surface area contributed by atoms with E-state index in [0.29, 0.717) is 36.1 Å². The second kappa shape index (κ2) is 9.98. The Morgan fingerprint density at radius 2 is 1.76 bits per heavy atom. The highest BCUT2D eigenvalue weighted by molar-refractivity contribution is 7.88. The van der Waals surface area contributed by atoms with Gasteiger partial charge in [0.05, 0.1) is 12.9 Å². The number of carbonyl (C=O) groups excluding carboxylic acids is 1. The van der Waals surface area contributed by atoms with Gasteiger partial charge in [0.25, 0.3) is 0 Å². The quantitative estimate of drug-likeness (QED) is 0.546. The molecule has 33 heavy (non-hydrogen) atoms. The van der Waals surface area contributed by atoms with Crippen molar-refractivity contribution in [3.63, 3.8) is 0 Å². The van der Waals surface area contributed by atoms with Crippen LogP contribution in [0.4, 0.5) is 5.13 Å². The number of carbonyl (C=O) groups is 1. The molecule has 10 heteroatoms. The van der Waals surface area contributed by atoms with Crippen LogP contribution in [0.2, 0.25) is 0 Å². The molecule has 1 amide bonds. The zero-order valence-electron chi connectivity index (χ0n) is 18.5. The van der Waals surface area contributed by atoms with Gasteiger partial charge in [0.15, 0.2) is 0 Å². The van der Waals surface area contributed by atoms with Gasteiger partial charge in [-0.1, -0.05) is 41.2 Å². The third-order valence-corrected chi connectivity index (χ3v) is 8.42. The number of benzene rings is 2. The van der Waals surface area contributed by atoms with E-state index in [1.165, 1.54) is 15.6 Å². The Kier molecular flexibility index (Phi) is 7.06. The molecule has 8 nitrogen and oxygen atoms in total. The lowest BCUT2D eigenvalue weighted by atomic mass is 9.97. The summed E-state index contributed by atoms with van der Waals surface area (Å²) in [4.78, 5) is 12.7. The Bertz CT molecular complexity index is 1200. The second-order valence-electron chi connectivity index (χ2n) is 8.05. The summed E-state index contributed by atoms with van der Waals surface area (Å²) in [6, 6.07) is 15.0. The van der Waals surface area contributed by atoms with Crippen LogP contribution >= 0.6 is 11.3 Å². The molecular formula is C23H26N4O4S2. The number of ether oxygens (including phenoxy) is 1. The van der Waals surface area contributed by atoms with E-state index in [-0.39, 0.29) is 17.6 Å². The molecule has 0 spiro atoms. The van der Waals surface area contributed by atoms with Crippen molar-refractivity contribution in [2.45, 2.75) is 25.5 Å². The van der Waals surface area contributed by atoms with Gasteiger partial charge in [-0.15, -0.1) is 10.2 Å². The molecule has 0 radical (unpaired) electrons. The van der Waals surface area contributed by atoms with Crippen LogP contribution in [0.25, 0.3) is 10.6 Å². The first-order chi connectivity index (χ1) is 15.8. The molecule has 0 unspecified atom stereocenters. The summed E-state index contributed by atoms with van der Waals surface area (Å²) in [5.41, 5.74) is 2.75. The molecule has 1 N–H and O–H groups in total. The number of sulfonamides is 1. The van der Waals surface area contributed by atoms with Gasteiger partial charge in [-0.25, -0.2) is 12.7 Å². The Morgan fingerprint density at radius 3 is 2.39 bits per heavy atom. The molecule has 2 heterocycles. The second-order valence-corrected chi connectivity index (χ2v) is 11.0. The summed E-state index contributed by atoms with van der Waals surface area (Å²) in [5.74, 6) is 0.319. The van der Waals surface area contributed by atoms with Gasteiger partial charge in [-0.3, -0.25) is 4.79 Å². The van der Waals surface area contributed by atoms with E-state index in [4.69, 9.17) is 4.74 Å². The standard InChI is InChI=1S/C23H26N4O4S2/c1-16-3-5-17(6-4-16)15-33(29,30)27-13-11-18(12-14-27)21(28)24-23-26-25-22(32-23)19-7-9-20(31-2)10-8-19/h3-10,18H,11-15H2,1-2H3,(H,24,26,28). The van der Waals surface area contributed by atoms with Gasteiger partial charge in [-0.2, -0.15) is 0 Å². The lowest BCUT2D eigenvalue weighted by Gasteiger charge is -2.30. The number of piperidine rings is 1. The van der Waals surface area contributed by atoms with Gasteiger partial charge in [-0.05, 0) is 49.6 Å². The van der Waals surface area contributed by atoms with E-state index in [2.05, 4.69) is 15.5 Å². The van der Waals surface area contributed by atoms with E-state index < -0.39 is 10.0 Å². The van der Waals surface area contributed by atoms with Crippen LogP contribution in [0.3, 0.4) is 0 Å². The molecule has 4 rings (SSSR count). The van der Waals surface area contributed by atoms with Crippen molar-refractivity contribution in [2.75, 3.05) is 25.5 Å². The Hall–Kier alpha value is -2.82. The van der Waals surface area contributed by atoms with E-state index in [1.54, 1.807) is 7.11 Å². The van der Waals surface area contributed by atoms with Crippen LogP contribution < -0.4 is 10.1 Å². The highest BCUT2D eigenvalue weighted by Crippen LogP contribution is 2.29. The smallest absolute Gasteiger partial charge is 0.229 e. The first-order valence-corrected chi connectivity index (χ1v) is 13.1. The lowest BCUT2D eigenvalue weighted by molar-refractivity contribution is -0.120. The number of hydrogen-bond donors (Lipinski definition) is 1. The van der Waals surface area contributed by atoms with Crippen molar-refractivity contribution in [2.24, 2.45) is 5.92 Å². The molecule has 0 aliphatic carbocycles. The van der Waals surface area contributed by atoms with Gasteiger partial charge in [0, 0.05) is 24.6 Å². The Labute approximate surface area is 197 Å². The minimum atomic E-state index is -3.42. The maximum atomic E-state index is 12.8. The number of hydrogen-bond acceptors (Lipinski definition) is 7. The van der Waals surface area contributed by atoms with Crippen molar-refractivity contribution in [1.29, 1.82) is 0 Å². The SMILES string of the molecule is COc1ccc(-c2nnc(NC(=O)C3CCN(S(=O)(=O)Cc4ccc(C)cc4)CC3)s2)cc1. The largest absolute Gasteiger partial charge is 0.497 e. The molecule has 1 fully saturated rings. The van der Waals surface area contributed by atoms with Crippen LogP contribution in [0.5, 0.6) is 5.75 Å². The monoisotopic (exact) mass is 486 g/mol. The molecule has 0 bridgehead atoms. The molecular weight excluding hydrogens is 460 g/mol. The first-order valence-electron chi connectivity index (χ1n) is 10.7. The topological polar surface area (TPSA) is 101 Å². The minimum Gasteiger partial charge on any atom is -0.497 e. The predicted octanol–water partition coefficient (Wildman–Crippen LogP) is 3.70. The van der Waals surface area contributed by atoms with E-state index in [0.717, 1.165) is 22.4 Å². The van der Waals surface area contributed by atoms with Crippen molar-refractivity contribution in [3.05, 3.63) is 59.7 Å². The molecule has 2 aromatic carbocycles. The molecule has 174 valence electrons. The average molecular weight is 487 g/mol. The average Bonchev–Trinajstić information content (AvgIpc) is 3.29. The third-order valence-electron chi connectivity index (χ3n) is 5.68. The maximum absolute atomic E-state index is 12.8. The number of methoxy groups -OCH3 is 1. The molecule has 3 aromatic rings. The number of aryl methyl sites for hydroxylation is 1. The van der Waals surface area contributed by atoms with E-state index >= 15 is 0 Å². The minimum absolute atomic E-state index is 0.0247. The molecule has 1 aromatic heterocycles. The molecule has 1 saturated heterocycles. The number of rotatable bonds is 7. The summed E-state index contributed by atoms with van der Waals surface area (Å²) >= 11 is 1.30. The van der Waals surface area contributed by atoms with Crippen LogP contribution in [0, 0.1) is 12.8 Å². The highest BCUT2D eigenvalue weighted by Gasteiger charge is 2.31. The normalized spacial score (nSPS) is 15.3. The fraction of sp³-hybridized carbons (Fsp3) is 0.348. The fourth-order valence-corrected chi connectivity index (χ4v) is 6.03. The first kappa shape index (κ1) is 23.3. The number of nitrogens with one attached hydrogen (secondary N) is 1. The molecule has 1 aliphatic heterocycles. The van der Waals surface area contributed by atoms with Gasteiger partial charge in [0.2, 0.25) is 21.1 Å². The van der Waals surface area contributed by atoms with Crippen molar-refractivity contribution in [1.82, 2.24) is 14.5 Å². The summed E-state index contributed by atoms with van der Waals surface area (Å²) in [5, 5.41) is 12.2. The predicted molar refractivity (Wildman–Crippen MR) is 129 cm³/mol. The van der Waals surface area contributed by atoms with Crippen LogP contribution in [-0.4, -0.2) is 49.0 Å². The maximum Gasteiger partial charge on any atom is 0.229 e. The van der Waals surface area contributed by atoms with E-state index in [9.17, 15) is 13.2 Å². The van der Waals surface area contributed by atoms with Gasteiger partial charge < -0.3 is 10.1 Å². The molecule has 1 aliphatic rings. The van der Waals surface area contributed by atoms with Gasteiger partial charge >= 0.3 is 0 Å². The Morgan fingerprint density at radius 1 is 1.09 bits per heavy atom. The van der Waals surface area contributed by atoms with Crippen molar-refractivity contribution >= 4 is 32.4 Å². The molecule has 0 saturated carbocycles. The van der Waals surface area contributed by atoms with E-state index in [1.807, 2.05) is 55.5 Å². The van der Waals surface area contributed by atoms with Gasteiger partial charge in [0.1, 0.15) is 10.8 Å². The summed E-state index contributed by atoms with van der Waals surface area (Å²) < 4.78 is 32.2. The van der Waals surface area contributed by atoms with Crippen molar-refractivity contribution in [3.8, 4) is 16.3 Å².